The van der Waals surface area contributed by atoms with Crippen molar-refractivity contribution in [2.24, 2.45) is 5.92 Å². The van der Waals surface area contributed by atoms with Gasteiger partial charge in [0.25, 0.3) is 0 Å². The molecule has 1 saturated carbocycles. The van der Waals surface area contributed by atoms with Crippen LogP contribution in [0.5, 0.6) is 0 Å². The molecule has 1 unspecified atom stereocenters. The second-order valence-electron chi connectivity index (χ2n) is 6.87. The second-order valence-corrected chi connectivity index (χ2v) is 6.87. The van der Waals surface area contributed by atoms with Crippen LogP contribution >= 0.6 is 0 Å². The molecule has 2 aliphatic rings. The van der Waals surface area contributed by atoms with Crippen LogP contribution in [-0.2, 0) is 0 Å². The van der Waals surface area contributed by atoms with Gasteiger partial charge in [-0.05, 0) is 44.9 Å². The van der Waals surface area contributed by atoms with E-state index in [1.54, 1.807) is 0 Å². The van der Waals surface area contributed by atoms with Crippen molar-refractivity contribution in [3.05, 3.63) is 0 Å². The molecule has 1 aliphatic heterocycles. The Labute approximate surface area is 114 Å². The summed E-state index contributed by atoms with van der Waals surface area (Å²) in [6.07, 6.45) is 8.17. The molecule has 1 heterocycles. The number of rotatable bonds is 5. The summed E-state index contributed by atoms with van der Waals surface area (Å²) in [5, 5.41) is 3.87. The predicted molar refractivity (Wildman–Crippen MR) is 78.9 cm³/mol. The number of nitrogens with zero attached hydrogens (tertiary/aromatic N) is 1. The van der Waals surface area contributed by atoms with E-state index >= 15 is 0 Å². The van der Waals surface area contributed by atoms with Crippen molar-refractivity contribution < 1.29 is 0 Å². The van der Waals surface area contributed by atoms with Gasteiger partial charge in [0.1, 0.15) is 0 Å². The molecule has 2 nitrogen and oxygen atoms in total. The maximum absolute atomic E-state index is 3.87. The highest BCUT2D eigenvalue weighted by Crippen LogP contribution is 2.34. The first kappa shape index (κ1) is 14.3. The topological polar surface area (TPSA) is 15.3 Å². The molecule has 18 heavy (non-hydrogen) atoms. The molecule has 1 atom stereocenters. The molecule has 0 aromatic carbocycles. The van der Waals surface area contributed by atoms with Gasteiger partial charge in [0.05, 0.1) is 0 Å². The van der Waals surface area contributed by atoms with Crippen LogP contribution < -0.4 is 5.32 Å². The van der Waals surface area contributed by atoms with E-state index in [9.17, 15) is 0 Å². The minimum Gasteiger partial charge on any atom is -0.308 e. The third kappa shape index (κ3) is 2.60. The fourth-order valence-corrected chi connectivity index (χ4v) is 3.45. The van der Waals surface area contributed by atoms with E-state index in [0.717, 1.165) is 12.5 Å². The molecule has 0 radical (unpaired) electrons. The first-order valence-electron chi connectivity index (χ1n) is 8.07. The van der Waals surface area contributed by atoms with Gasteiger partial charge in [-0.3, -0.25) is 4.90 Å². The van der Waals surface area contributed by atoms with Crippen LogP contribution in [0, 0.1) is 5.92 Å². The summed E-state index contributed by atoms with van der Waals surface area (Å²) in [6, 6.07) is 0. The Morgan fingerprint density at radius 3 is 2.22 bits per heavy atom. The Bertz CT molecular complexity index is 268. The molecule has 1 aliphatic carbocycles. The highest BCUT2D eigenvalue weighted by atomic mass is 15.3. The fraction of sp³-hybridized carbons (Fsp3) is 1.00. The van der Waals surface area contributed by atoms with Crippen LogP contribution in [-0.4, -0.2) is 35.6 Å². The minimum absolute atomic E-state index is 0.373. The van der Waals surface area contributed by atoms with Gasteiger partial charge in [-0.1, -0.05) is 27.2 Å². The Morgan fingerprint density at radius 1 is 1.11 bits per heavy atom. The van der Waals surface area contributed by atoms with Crippen molar-refractivity contribution in [3.63, 3.8) is 0 Å². The molecule has 1 saturated heterocycles. The summed E-state index contributed by atoms with van der Waals surface area (Å²) in [4.78, 5) is 2.82. The van der Waals surface area contributed by atoms with Crippen LogP contribution in [0.15, 0.2) is 0 Å². The molecule has 0 aromatic heterocycles. The Kier molecular flexibility index (Phi) is 4.38. The maximum Gasteiger partial charge on any atom is 0.0304 e. The molecule has 2 rings (SSSR count). The zero-order valence-electron chi connectivity index (χ0n) is 12.9. The molecule has 0 bridgehead atoms. The normalized spacial score (nSPS) is 33.3. The number of piperazine rings is 1. The standard InChI is InChI=1S/C16H32N2/c1-5-15(4)12-17-16(6-2,7-3)13-18(15)11-14-9-8-10-14/h14,17H,5-13H2,1-4H3. The van der Waals surface area contributed by atoms with Crippen LogP contribution in [0.25, 0.3) is 0 Å². The molecule has 0 spiro atoms. The maximum atomic E-state index is 3.87. The zero-order chi connectivity index (χ0) is 13.2. The molecule has 2 heteroatoms. The van der Waals surface area contributed by atoms with Gasteiger partial charge in [0.2, 0.25) is 0 Å². The molecule has 0 amide bonds. The average Bonchev–Trinajstić information content (AvgIpc) is 2.36. The molecule has 0 aromatic rings. The lowest BCUT2D eigenvalue weighted by Gasteiger charge is -2.54. The highest BCUT2D eigenvalue weighted by Gasteiger charge is 2.43. The summed E-state index contributed by atoms with van der Waals surface area (Å²) in [6.45, 7) is 13.2. The molecule has 2 fully saturated rings. The van der Waals surface area contributed by atoms with E-state index in [2.05, 4.69) is 37.9 Å². The van der Waals surface area contributed by atoms with Crippen LogP contribution in [0.2, 0.25) is 0 Å². The highest BCUT2D eigenvalue weighted by molar-refractivity contribution is 5.02. The average molecular weight is 252 g/mol. The Hall–Kier alpha value is -0.0800. The minimum atomic E-state index is 0.373. The number of hydrogen-bond acceptors (Lipinski definition) is 2. The van der Waals surface area contributed by atoms with Gasteiger partial charge in [0, 0.05) is 30.7 Å². The van der Waals surface area contributed by atoms with Crippen molar-refractivity contribution in [2.45, 2.75) is 77.3 Å². The fourth-order valence-electron chi connectivity index (χ4n) is 3.45. The Balaban J connectivity index is 2.07. The molecule has 106 valence electrons. The van der Waals surface area contributed by atoms with Gasteiger partial charge in [-0.2, -0.15) is 0 Å². The van der Waals surface area contributed by atoms with Gasteiger partial charge in [0.15, 0.2) is 0 Å². The van der Waals surface area contributed by atoms with Crippen molar-refractivity contribution in [1.82, 2.24) is 10.2 Å². The van der Waals surface area contributed by atoms with E-state index in [0.29, 0.717) is 11.1 Å². The van der Waals surface area contributed by atoms with Gasteiger partial charge in [-0.15, -0.1) is 0 Å². The van der Waals surface area contributed by atoms with E-state index in [1.807, 2.05) is 0 Å². The molecule has 1 N–H and O–H groups in total. The zero-order valence-corrected chi connectivity index (χ0v) is 12.9. The lowest BCUT2D eigenvalue weighted by Crippen LogP contribution is -2.69. The van der Waals surface area contributed by atoms with Crippen molar-refractivity contribution >= 4 is 0 Å². The number of hydrogen-bond donors (Lipinski definition) is 1. The van der Waals surface area contributed by atoms with E-state index in [4.69, 9.17) is 0 Å². The summed E-state index contributed by atoms with van der Waals surface area (Å²) in [5.41, 5.74) is 0.752. The molecular formula is C16H32N2. The van der Waals surface area contributed by atoms with Gasteiger partial charge >= 0.3 is 0 Å². The first-order valence-corrected chi connectivity index (χ1v) is 8.07. The van der Waals surface area contributed by atoms with Crippen LogP contribution in [0.1, 0.15) is 66.2 Å². The summed E-state index contributed by atoms with van der Waals surface area (Å²) < 4.78 is 0. The smallest absolute Gasteiger partial charge is 0.0304 e. The first-order chi connectivity index (χ1) is 8.57. The molecular weight excluding hydrogens is 220 g/mol. The summed E-state index contributed by atoms with van der Waals surface area (Å²) in [7, 11) is 0. The Morgan fingerprint density at radius 2 is 1.78 bits per heavy atom. The predicted octanol–water partition coefficient (Wildman–Crippen LogP) is 3.42. The quantitative estimate of drug-likeness (QED) is 0.806. The summed E-state index contributed by atoms with van der Waals surface area (Å²) in [5.74, 6) is 0.986. The van der Waals surface area contributed by atoms with Crippen molar-refractivity contribution in [2.75, 3.05) is 19.6 Å². The lowest BCUT2D eigenvalue weighted by atomic mass is 9.79. The van der Waals surface area contributed by atoms with Crippen LogP contribution in [0.4, 0.5) is 0 Å². The van der Waals surface area contributed by atoms with Gasteiger partial charge in [-0.25, -0.2) is 0 Å². The number of nitrogens with one attached hydrogen (secondary N) is 1. The van der Waals surface area contributed by atoms with E-state index in [1.165, 1.54) is 51.6 Å². The van der Waals surface area contributed by atoms with Crippen LogP contribution in [0.3, 0.4) is 0 Å². The summed E-state index contributed by atoms with van der Waals surface area (Å²) >= 11 is 0. The van der Waals surface area contributed by atoms with Crippen molar-refractivity contribution in [1.29, 1.82) is 0 Å². The monoisotopic (exact) mass is 252 g/mol. The second kappa shape index (κ2) is 5.50. The lowest BCUT2D eigenvalue weighted by molar-refractivity contribution is -0.0102. The SMILES string of the molecule is CCC1(CC)CN(CC2CCC2)C(C)(CC)CN1. The van der Waals surface area contributed by atoms with Gasteiger partial charge < -0.3 is 5.32 Å². The van der Waals surface area contributed by atoms with E-state index in [-0.39, 0.29) is 0 Å². The van der Waals surface area contributed by atoms with Crippen molar-refractivity contribution in [3.8, 4) is 0 Å². The largest absolute Gasteiger partial charge is 0.308 e. The third-order valence-electron chi connectivity index (χ3n) is 5.92. The van der Waals surface area contributed by atoms with E-state index < -0.39 is 0 Å². The third-order valence-corrected chi connectivity index (χ3v) is 5.92.